The zero-order valence-electron chi connectivity index (χ0n) is 14.1. The predicted molar refractivity (Wildman–Crippen MR) is 102 cm³/mol. The van der Waals surface area contributed by atoms with Gasteiger partial charge in [-0.2, -0.15) is 0 Å². The number of hydrogen-bond donors (Lipinski definition) is 0. The summed E-state index contributed by atoms with van der Waals surface area (Å²) in [6, 6.07) is 22.3. The normalized spacial score (nSPS) is 16.2. The highest BCUT2D eigenvalue weighted by Crippen LogP contribution is 2.59. The van der Waals surface area contributed by atoms with Crippen molar-refractivity contribution >= 4 is 28.8 Å². The number of benzene rings is 3. The van der Waals surface area contributed by atoms with Gasteiger partial charge in [-0.25, -0.2) is 0 Å². The van der Waals surface area contributed by atoms with Crippen molar-refractivity contribution in [2.24, 2.45) is 0 Å². The number of nitrogens with zero attached hydrogens (tertiary/aromatic N) is 1. The maximum absolute atomic E-state index is 2.47. The lowest BCUT2D eigenvalue weighted by atomic mass is 9.73. The molecule has 24 heavy (non-hydrogen) atoms. The highest BCUT2D eigenvalue weighted by Gasteiger charge is 2.40. The first-order chi connectivity index (χ1) is 11.6. The average Bonchev–Trinajstić information content (AvgIpc) is 2.58. The Bertz CT molecular complexity index is 987. The van der Waals surface area contributed by atoms with E-state index < -0.39 is 0 Å². The second kappa shape index (κ2) is 4.67. The fraction of sp³-hybridized carbons (Fsp3) is 0.182. The first-order valence-electron chi connectivity index (χ1n) is 8.39. The summed E-state index contributed by atoms with van der Waals surface area (Å²) in [7, 11) is 0. The third kappa shape index (κ3) is 1.72. The minimum absolute atomic E-state index is 0.00996. The van der Waals surface area contributed by atoms with Crippen LogP contribution in [-0.4, -0.2) is 0 Å². The van der Waals surface area contributed by atoms with Crippen LogP contribution in [-0.2, 0) is 5.41 Å². The summed E-state index contributed by atoms with van der Waals surface area (Å²) in [4.78, 5) is 5.17. The molecule has 0 N–H and O–H groups in total. The number of hydrogen-bond acceptors (Lipinski definition) is 2. The minimum atomic E-state index is 0.00996. The van der Waals surface area contributed by atoms with E-state index in [1.807, 2.05) is 11.8 Å². The smallest absolute Gasteiger partial charge is 0.0642 e. The second-order valence-corrected chi connectivity index (χ2v) is 8.29. The Morgan fingerprint density at radius 2 is 1.50 bits per heavy atom. The molecule has 2 heterocycles. The summed E-state index contributed by atoms with van der Waals surface area (Å²) < 4.78 is 0. The Morgan fingerprint density at radius 3 is 2.33 bits per heavy atom. The fourth-order valence-electron chi connectivity index (χ4n) is 4.09. The second-order valence-electron chi connectivity index (χ2n) is 7.21. The van der Waals surface area contributed by atoms with E-state index in [-0.39, 0.29) is 5.41 Å². The topological polar surface area (TPSA) is 3.24 Å². The molecule has 0 atom stereocenters. The van der Waals surface area contributed by atoms with Gasteiger partial charge in [0.2, 0.25) is 0 Å². The Hall–Kier alpha value is -2.19. The van der Waals surface area contributed by atoms with Gasteiger partial charge >= 0.3 is 0 Å². The maximum atomic E-state index is 2.47. The van der Waals surface area contributed by atoms with E-state index in [0.29, 0.717) is 0 Å². The van der Waals surface area contributed by atoms with E-state index in [1.165, 1.54) is 43.5 Å². The summed E-state index contributed by atoms with van der Waals surface area (Å²) >= 11 is 1.90. The largest absolute Gasteiger partial charge is 0.308 e. The van der Waals surface area contributed by atoms with Gasteiger partial charge in [0, 0.05) is 15.2 Å². The molecule has 0 aliphatic carbocycles. The van der Waals surface area contributed by atoms with Gasteiger partial charge in [0.15, 0.2) is 0 Å². The summed E-state index contributed by atoms with van der Waals surface area (Å²) in [5.41, 5.74) is 8.15. The van der Waals surface area contributed by atoms with Crippen molar-refractivity contribution in [3.05, 3.63) is 77.4 Å². The molecule has 0 radical (unpaired) electrons. The van der Waals surface area contributed by atoms with E-state index in [9.17, 15) is 0 Å². The average molecular weight is 329 g/mol. The molecule has 2 heteroatoms. The molecule has 0 aromatic heterocycles. The third-order valence-electron chi connectivity index (χ3n) is 5.26. The molecule has 0 bridgehead atoms. The molecule has 1 nitrogen and oxygen atoms in total. The molecular weight excluding hydrogens is 310 g/mol. The van der Waals surface area contributed by atoms with Crippen molar-refractivity contribution in [2.45, 2.75) is 36.0 Å². The van der Waals surface area contributed by atoms with Crippen LogP contribution in [0, 0.1) is 6.92 Å². The van der Waals surface area contributed by atoms with Crippen LogP contribution in [0.5, 0.6) is 0 Å². The van der Waals surface area contributed by atoms with Gasteiger partial charge in [-0.15, -0.1) is 0 Å². The van der Waals surface area contributed by atoms with Crippen LogP contribution in [0.4, 0.5) is 17.1 Å². The number of rotatable bonds is 0. The molecule has 0 spiro atoms. The van der Waals surface area contributed by atoms with Gasteiger partial charge in [0.05, 0.1) is 17.1 Å². The molecule has 5 rings (SSSR count). The first-order valence-corrected chi connectivity index (χ1v) is 9.20. The van der Waals surface area contributed by atoms with Gasteiger partial charge in [0.1, 0.15) is 0 Å². The van der Waals surface area contributed by atoms with Crippen molar-refractivity contribution in [3.63, 3.8) is 0 Å². The Balaban J connectivity index is 1.93. The van der Waals surface area contributed by atoms with E-state index >= 15 is 0 Å². The van der Waals surface area contributed by atoms with Gasteiger partial charge in [-0.05, 0) is 47.9 Å². The van der Waals surface area contributed by atoms with Gasteiger partial charge in [-0.1, -0.05) is 62.0 Å². The van der Waals surface area contributed by atoms with Crippen molar-refractivity contribution in [1.82, 2.24) is 0 Å². The van der Waals surface area contributed by atoms with Crippen LogP contribution in [0.2, 0.25) is 0 Å². The molecule has 3 aromatic carbocycles. The van der Waals surface area contributed by atoms with Crippen LogP contribution >= 0.6 is 11.8 Å². The predicted octanol–water partition coefficient (Wildman–Crippen LogP) is 6.57. The maximum Gasteiger partial charge on any atom is 0.0642 e. The molecule has 0 unspecified atom stereocenters. The standard InChI is InChI=1S/C22H19NS/c1-14-12-16-21-20(13-14)24-19-11-7-6-10-18(19)23(21)17-9-5-4-8-15(17)22(16,2)3/h4-13H,1-3H3. The van der Waals surface area contributed by atoms with Crippen molar-refractivity contribution in [3.8, 4) is 0 Å². The lowest BCUT2D eigenvalue weighted by Crippen LogP contribution is -2.32. The Kier molecular flexibility index (Phi) is 2.76. The number of fused-ring (bicyclic) bond motifs is 4. The SMILES string of the molecule is Cc1cc2c3c(c1)C(C)(C)c1ccccc1N3c1ccccc1S2. The molecule has 0 fully saturated rings. The Morgan fingerprint density at radius 1 is 0.792 bits per heavy atom. The molecule has 118 valence electrons. The van der Waals surface area contributed by atoms with Crippen molar-refractivity contribution in [2.75, 3.05) is 4.90 Å². The molecular formula is C22H19NS. The minimum Gasteiger partial charge on any atom is -0.308 e. The summed E-state index contributed by atoms with van der Waals surface area (Å²) in [5, 5.41) is 0. The molecule has 0 saturated carbocycles. The third-order valence-corrected chi connectivity index (χ3v) is 6.36. The fourth-order valence-corrected chi connectivity index (χ4v) is 5.28. The zero-order chi connectivity index (χ0) is 16.5. The Labute approximate surface area is 147 Å². The van der Waals surface area contributed by atoms with E-state index in [2.05, 4.69) is 86.3 Å². The van der Waals surface area contributed by atoms with E-state index in [4.69, 9.17) is 0 Å². The molecule has 0 saturated heterocycles. The molecule has 2 aliphatic rings. The number of para-hydroxylation sites is 2. The number of anilines is 3. The van der Waals surface area contributed by atoms with Gasteiger partial charge in [0.25, 0.3) is 0 Å². The summed E-state index contributed by atoms with van der Waals surface area (Å²) in [6.45, 7) is 6.91. The van der Waals surface area contributed by atoms with Crippen LogP contribution in [0.3, 0.4) is 0 Å². The van der Waals surface area contributed by atoms with Gasteiger partial charge < -0.3 is 4.90 Å². The van der Waals surface area contributed by atoms with Crippen LogP contribution in [0.1, 0.15) is 30.5 Å². The van der Waals surface area contributed by atoms with E-state index in [0.717, 1.165) is 0 Å². The highest BCUT2D eigenvalue weighted by atomic mass is 32.2. The number of aryl methyl sites for hydroxylation is 1. The summed E-state index contributed by atoms with van der Waals surface area (Å²) in [6.07, 6.45) is 0. The lowest BCUT2D eigenvalue weighted by molar-refractivity contribution is 0.628. The van der Waals surface area contributed by atoms with Crippen molar-refractivity contribution < 1.29 is 0 Å². The van der Waals surface area contributed by atoms with Crippen LogP contribution in [0.25, 0.3) is 0 Å². The summed E-state index contributed by atoms with van der Waals surface area (Å²) in [5.74, 6) is 0. The quantitative estimate of drug-likeness (QED) is 0.359. The lowest BCUT2D eigenvalue weighted by Gasteiger charge is -2.45. The molecule has 2 aliphatic heterocycles. The molecule has 0 amide bonds. The van der Waals surface area contributed by atoms with Crippen molar-refractivity contribution in [1.29, 1.82) is 0 Å². The zero-order valence-corrected chi connectivity index (χ0v) is 14.9. The monoisotopic (exact) mass is 329 g/mol. The molecule has 3 aromatic rings. The van der Waals surface area contributed by atoms with Crippen LogP contribution < -0.4 is 4.90 Å². The van der Waals surface area contributed by atoms with Crippen LogP contribution in [0.15, 0.2) is 70.5 Å². The highest BCUT2D eigenvalue weighted by molar-refractivity contribution is 7.99. The van der Waals surface area contributed by atoms with Gasteiger partial charge in [-0.3, -0.25) is 0 Å². The van der Waals surface area contributed by atoms with E-state index in [1.54, 1.807) is 0 Å². The first kappa shape index (κ1) is 14.2.